The number of rotatable bonds is 23. The quantitative estimate of drug-likeness (QED) is 0.110. The van der Waals surface area contributed by atoms with Crippen LogP contribution in [0.3, 0.4) is 0 Å². The topological polar surface area (TPSA) is 8.81 Å². The predicted octanol–water partition coefficient (Wildman–Crippen LogP) is 9.82. The summed E-state index contributed by atoms with van der Waals surface area (Å²) in [5.74, 6) is 1.52. The van der Waals surface area contributed by atoms with Crippen molar-refractivity contribution >= 4 is 0 Å². The van der Waals surface area contributed by atoms with Gasteiger partial charge in [0.25, 0.3) is 5.82 Å². The van der Waals surface area contributed by atoms with Crippen LogP contribution >= 0.6 is 0 Å². The lowest BCUT2D eigenvalue weighted by molar-refractivity contribution is -0.704. The third-order valence-electron chi connectivity index (χ3n) is 7.54. The molecule has 2 aromatic rings. The Balaban J connectivity index is 1.51. The fourth-order valence-corrected chi connectivity index (χ4v) is 5.25. The minimum absolute atomic E-state index is 0.994. The fourth-order valence-electron chi connectivity index (χ4n) is 5.25. The van der Waals surface area contributed by atoms with E-state index in [1.807, 2.05) is 0 Å². The van der Waals surface area contributed by atoms with Gasteiger partial charge in [-0.25, -0.2) is 9.13 Å². The Kier molecular flexibility index (Phi) is 17.5. The van der Waals surface area contributed by atoms with Gasteiger partial charge in [0.05, 0.1) is 6.54 Å². The lowest BCUT2D eigenvalue weighted by Crippen LogP contribution is -2.37. The summed E-state index contributed by atoms with van der Waals surface area (Å²) in [6.45, 7) is 6.75. The van der Waals surface area contributed by atoms with Crippen LogP contribution in [0.5, 0.6) is 0 Å². The summed E-state index contributed by atoms with van der Waals surface area (Å²) >= 11 is 0. The first kappa shape index (κ1) is 29.7. The van der Waals surface area contributed by atoms with Gasteiger partial charge < -0.3 is 0 Å². The molecule has 0 fully saturated rings. The molecule has 0 bridgehead atoms. The Morgan fingerprint density at radius 3 is 1.57 bits per heavy atom. The molecule has 0 amide bonds. The maximum atomic E-state index is 2.51. The van der Waals surface area contributed by atoms with Crippen LogP contribution in [0.15, 0.2) is 42.7 Å². The van der Waals surface area contributed by atoms with Crippen molar-refractivity contribution in [3.05, 3.63) is 54.1 Å². The monoisotopic (exact) mass is 481 g/mol. The van der Waals surface area contributed by atoms with Crippen molar-refractivity contribution in [1.29, 1.82) is 0 Å². The molecule has 1 heterocycles. The van der Waals surface area contributed by atoms with Crippen LogP contribution in [0.2, 0.25) is 0 Å². The minimum atomic E-state index is 0.994. The molecule has 1 aromatic heterocycles. The number of aromatic nitrogens is 2. The molecular weight excluding hydrogens is 424 g/mol. The zero-order valence-corrected chi connectivity index (χ0v) is 23.5. The first-order valence-corrected chi connectivity index (χ1v) is 15.5. The van der Waals surface area contributed by atoms with Gasteiger partial charge in [0.15, 0.2) is 0 Å². The highest BCUT2D eigenvalue weighted by Crippen LogP contribution is 2.15. The molecule has 2 heteroatoms. The van der Waals surface area contributed by atoms with Crippen molar-refractivity contribution in [3.8, 4) is 0 Å². The van der Waals surface area contributed by atoms with Gasteiger partial charge in [0.2, 0.25) is 0 Å². The molecule has 0 radical (unpaired) electrons. The van der Waals surface area contributed by atoms with Gasteiger partial charge in [0.1, 0.15) is 18.9 Å². The van der Waals surface area contributed by atoms with E-state index in [-0.39, 0.29) is 0 Å². The minimum Gasteiger partial charge on any atom is -0.234 e. The summed E-state index contributed by atoms with van der Waals surface area (Å²) in [5, 5.41) is 0. The number of imidazole rings is 1. The Bertz CT molecular complexity index is 718. The van der Waals surface area contributed by atoms with E-state index in [0.717, 1.165) is 13.1 Å². The highest BCUT2D eigenvalue weighted by atomic mass is 15.1. The van der Waals surface area contributed by atoms with Crippen molar-refractivity contribution < 1.29 is 4.57 Å². The van der Waals surface area contributed by atoms with E-state index in [4.69, 9.17) is 0 Å². The van der Waals surface area contributed by atoms with Gasteiger partial charge in [-0.3, -0.25) is 0 Å². The second-order valence-electron chi connectivity index (χ2n) is 10.8. The molecule has 0 saturated heterocycles. The Morgan fingerprint density at radius 1 is 0.571 bits per heavy atom. The van der Waals surface area contributed by atoms with Crippen molar-refractivity contribution in [2.24, 2.45) is 0 Å². The summed E-state index contributed by atoms with van der Waals surface area (Å²) in [4.78, 5) is 0. The van der Waals surface area contributed by atoms with Crippen LogP contribution in [-0.4, -0.2) is 4.57 Å². The fraction of sp³-hybridized carbons (Fsp3) is 0.727. The number of aryl methyl sites for hydroxylation is 1. The molecule has 0 aliphatic rings. The molecule has 1 aromatic carbocycles. The molecule has 2 nitrogen and oxygen atoms in total. The highest BCUT2D eigenvalue weighted by molar-refractivity contribution is 5.15. The van der Waals surface area contributed by atoms with Gasteiger partial charge in [-0.1, -0.05) is 153 Å². The maximum absolute atomic E-state index is 2.51. The number of unbranched alkanes of at least 4 members (excludes halogenated alkanes) is 17. The standard InChI is InChI=1S/C33H57N2/c1-3-5-7-8-9-10-11-12-13-14-15-16-17-18-19-20-24-27-33-34(28-6-4-2)29-30-35(33)31-32-25-22-21-23-26-32/h21-23,25-26,29-30H,3-20,24,27-28,31H2,1-2H3/q+1. The van der Waals surface area contributed by atoms with Crippen molar-refractivity contribution in [1.82, 2.24) is 4.57 Å². The van der Waals surface area contributed by atoms with E-state index in [1.54, 1.807) is 0 Å². The van der Waals surface area contributed by atoms with E-state index in [1.165, 1.54) is 140 Å². The second-order valence-corrected chi connectivity index (χ2v) is 10.8. The van der Waals surface area contributed by atoms with E-state index in [2.05, 4.69) is 65.7 Å². The number of benzene rings is 1. The normalized spacial score (nSPS) is 11.4. The first-order valence-electron chi connectivity index (χ1n) is 15.5. The maximum Gasteiger partial charge on any atom is 0.256 e. The van der Waals surface area contributed by atoms with Crippen molar-refractivity contribution in [2.75, 3.05) is 0 Å². The van der Waals surface area contributed by atoms with Crippen LogP contribution in [0.1, 0.15) is 147 Å². The van der Waals surface area contributed by atoms with Crippen LogP contribution in [0, 0.1) is 0 Å². The average molecular weight is 482 g/mol. The van der Waals surface area contributed by atoms with Crippen LogP contribution in [0.25, 0.3) is 0 Å². The zero-order valence-electron chi connectivity index (χ0n) is 23.5. The molecule has 0 unspecified atom stereocenters. The summed E-state index contributed by atoms with van der Waals surface area (Å²) < 4.78 is 5.00. The summed E-state index contributed by atoms with van der Waals surface area (Å²) in [7, 11) is 0. The molecule has 2 rings (SSSR count). The third-order valence-corrected chi connectivity index (χ3v) is 7.54. The lowest BCUT2D eigenvalue weighted by Gasteiger charge is -2.06. The van der Waals surface area contributed by atoms with Crippen molar-refractivity contribution in [3.63, 3.8) is 0 Å². The summed E-state index contributed by atoms with van der Waals surface area (Å²) in [5.41, 5.74) is 1.40. The van der Waals surface area contributed by atoms with E-state index in [0.29, 0.717) is 0 Å². The smallest absolute Gasteiger partial charge is 0.234 e. The van der Waals surface area contributed by atoms with Gasteiger partial charge in [-0.15, -0.1) is 0 Å². The van der Waals surface area contributed by atoms with E-state index < -0.39 is 0 Å². The van der Waals surface area contributed by atoms with Gasteiger partial charge >= 0.3 is 0 Å². The molecule has 0 aliphatic heterocycles. The highest BCUT2D eigenvalue weighted by Gasteiger charge is 2.16. The molecule has 0 aliphatic carbocycles. The average Bonchev–Trinajstić information content (AvgIpc) is 3.26. The van der Waals surface area contributed by atoms with Crippen molar-refractivity contribution in [2.45, 2.75) is 155 Å². The molecule has 35 heavy (non-hydrogen) atoms. The molecule has 0 atom stereocenters. The van der Waals surface area contributed by atoms with Gasteiger partial charge in [-0.05, 0) is 18.4 Å². The van der Waals surface area contributed by atoms with Crippen LogP contribution in [-0.2, 0) is 19.5 Å². The molecule has 0 N–H and O–H groups in total. The molecule has 0 saturated carbocycles. The van der Waals surface area contributed by atoms with E-state index >= 15 is 0 Å². The van der Waals surface area contributed by atoms with Crippen LogP contribution in [0.4, 0.5) is 0 Å². The largest absolute Gasteiger partial charge is 0.256 e. The first-order chi connectivity index (χ1) is 17.3. The number of nitrogens with zero attached hydrogens (tertiary/aromatic N) is 2. The third kappa shape index (κ3) is 13.9. The predicted molar refractivity (Wildman–Crippen MR) is 153 cm³/mol. The van der Waals surface area contributed by atoms with Crippen LogP contribution < -0.4 is 4.57 Å². The SMILES string of the molecule is CCCCCCCCCCCCCCCCCCCc1n(Cc2ccccc2)cc[n+]1CCCC. The number of hydrogen-bond acceptors (Lipinski definition) is 0. The molecule has 198 valence electrons. The lowest BCUT2D eigenvalue weighted by atomic mass is 10.0. The number of hydrogen-bond donors (Lipinski definition) is 0. The molecular formula is C33H57N2+. The Morgan fingerprint density at radius 2 is 1.06 bits per heavy atom. The van der Waals surface area contributed by atoms with E-state index in [9.17, 15) is 0 Å². The summed E-state index contributed by atoms with van der Waals surface area (Å²) in [6, 6.07) is 10.9. The van der Waals surface area contributed by atoms with Gasteiger partial charge in [0, 0.05) is 6.42 Å². The molecule has 0 spiro atoms. The summed E-state index contributed by atoms with van der Waals surface area (Å²) in [6.07, 6.45) is 32.8. The van der Waals surface area contributed by atoms with Gasteiger partial charge in [-0.2, -0.15) is 0 Å². The second kappa shape index (κ2) is 20.6. The zero-order chi connectivity index (χ0) is 24.8. The Labute approximate surface area is 218 Å². The Hall–Kier alpha value is -1.57.